The van der Waals surface area contributed by atoms with Gasteiger partial charge in [0.05, 0.1) is 6.20 Å². The van der Waals surface area contributed by atoms with Crippen LogP contribution in [-0.4, -0.2) is 54.4 Å². The van der Waals surface area contributed by atoms with E-state index in [-0.39, 0.29) is 0 Å². The van der Waals surface area contributed by atoms with Crippen LogP contribution in [0.4, 0.5) is 17.5 Å². The van der Waals surface area contributed by atoms with Crippen LogP contribution in [0.3, 0.4) is 0 Å². The lowest BCUT2D eigenvalue weighted by molar-refractivity contribution is 0.436. The molecular weight excluding hydrogens is 336 g/mol. The lowest BCUT2D eigenvalue weighted by Crippen LogP contribution is -2.47. The summed E-state index contributed by atoms with van der Waals surface area (Å²) in [7, 11) is 0. The van der Waals surface area contributed by atoms with Crippen molar-refractivity contribution in [2.75, 3.05) is 54.0 Å². The molecule has 0 saturated carbocycles. The molecular formula is C21H30N6. The van der Waals surface area contributed by atoms with Crippen molar-refractivity contribution >= 4 is 17.5 Å². The summed E-state index contributed by atoms with van der Waals surface area (Å²) in [4.78, 5) is 11.9. The van der Waals surface area contributed by atoms with Crippen LogP contribution in [0, 0.1) is 19.8 Å². The van der Waals surface area contributed by atoms with Gasteiger partial charge in [0, 0.05) is 45.0 Å². The SMILES string of the molecule is Cc1cccc(N2CCN(c3nncc(N4CCC(C)CC4)n3)CC2)c1C. The van der Waals surface area contributed by atoms with Crippen LogP contribution in [-0.2, 0) is 0 Å². The number of hydrogen-bond donors (Lipinski definition) is 0. The zero-order valence-electron chi connectivity index (χ0n) is 16.7. The van der Waals surface area contributed by atoms with Crippen LogP contribution in [0.1, 0.15) is 30.9 Å². The smallest absolute Gasteiger partial charge is 0.247 e. The minimum atomic E-state index is 0.770. The summed E-state index contributed by atoms with van der Waals surface area (Å²) < 4.78 is 0. The number of piperidine rings is 1. The lowest BCUT2D eigenvalue weighted by atomic mass is 9.99. The molecule has 0 unspecified atom stereocenters. The van der Waals surface area contributed by atoms with E-state index >= 15 is 0 Å². The monoisotopic (exact) mass is 366 g/mol. The molecule has 0 spiro atoms. The minimum absolute atomic E-state index is 0.770. The number of aromatic nitrogens is 3. The molecule has 1 aromatic carbocycles. The number of piperazine rings is 1. The van der Waals surface area contributed by atoms with Gasteiger partial charge in [-0.2, -0.15) is 10.1 Å². The molecule has 3 heterocycles. The first kappa shape index (κ1) is 18.0. The van der Waals surface area contributed by atoms with Gasteiger partial charge >= 0.3 is 0 Å². The highest BCUT2D eigenvalue weighted by Gasteiger charge is 2.23. The highest BCUT2D eigenvalue weighted by Crippen LogP contribution is 2.25. The minimum Gasteiger partial charge on any atom is -0.368 e. The number of nitrogens with zero attached hydrogens (tertiary/aromatic N) is 6. The Morgan fingerprint density at radius 2 is 1.59 bits per heavy atom. The highest BCUT2D eigenvalue weighted by molar-refractivity contribution is 5.57. The zero-order chi connectivity index (χ0) is 18.8. The second kappa shape index (κ2) is 7.71. The number of hydrogen-bond acceptors (Lipinski definition) is 6. The van der Waals surface area contributed by atoms with Gasteiger partial charge in [-0.1, -0.05) is 19.1 Å². The standard InChI is InChI=1S/C21H30N6/c1-16-7-9-26(10-8-16)20-15-22-24-21(23-20)27-13-11-25(12-14-27)19-6-4-5-17(2)18(19)3/h4-6,15-16H,7-14H2,1-3H3. The number of aryl methyl sites for hydroxylation is 1. The van der Waals surface area contributed by atoms with E-state index in [4.69, 9.17) is 4.98 Å². The van der Waals surface area contributed by atoms with Crippen molar-refractivity contribution in [1.82, 2.24) is 15.2 Å². The average Bonchev–Trinajstić information content (AvgIpc) is 2.71. The largest absolute Gasteiger partial charge is 0.368 e. The molecule has 6 heteroatoms. The Kier molecular flexibility index (Phi) is 5.14. The third kappa shape index (κ3) is 3.84. The van der Waals surface area contributed by atoms with Gasteiger partial charge in [-0.3, -0.25) is 0 Å². The fourth-order valence-electron chi connectivity index (χ4n) is 4.04. The van der Waals surface area contributed by atoms with Crippen molar-refractivity contribution in [3.63, 3.8) is 0 Å². The van der Waals surface area contributed by atoms with Gasteiger partial charge in [0.25, 0.3) is 0 Å². The van der Waals surface area contributed by atoms with Gasteiger partial charge in [0.1, 0.15) is 0 Å². The van der Waals surface area contributed by atoms with Gasteiger partial charge in [-0.25, -0.2) is 0 Å². The summed E-state index contributed by atoms with van der Waals surface area (Å²) in [5.41, 5.74) is 4.08. The molecule has 0 amide bonds. The van der Waals surface area contributed by atoms with Gasteiger partial charge < -0.3 is 14.7 Å². The van der Waals surface area contributed by atoms with E-state index in [9.17, 15) is 0 Å². The number of rotatable bonds is 3. The Morgan fingerprint density at radius 3 is 2.33 bits per heavy atom. The second-order valence-corrected chi connectivity index (χ2v) is 7.98. The Balaban J connectivity index is 1.42. The third-order valence-electron chi connectivity index (χ3n) is 6.12. The summed E-state index contributed by atoms with van der Waals surface area (Å²) in [6.45, 7) is 12.7. The molecule has 2 fully saturated rings. The Morgan fingerprint density at radius 1 is 0.889 bits per heavy atom. The summed E-state index contributed by atoms with van der Waals surface area (Å²) in [6.07, 6.45) is 4.27. The molecule has 6 nitrogen and oxygen atoms in total. The first-order valence-corrected chi connectivity index (χ1v) is 10.1. The third-order valence-corrected chi connectivity index (χ3v) is 6.12. The molecule has 4 rings (SSSR count). The summed E-state index contributed by atoms with van der Waals surface area (Å²) in [5.74, 6) is 2.56. The molecule has 0 aliphatic carbocycles. The van der Waals surface area contributed by atoms with Gasteiger partial charge in [0.15, 0.2) is 5.82 Å². The van der Waals surface area contributed by atoms with E-state index in [2.05, 4.69) is 63.9 Å². The average molecular weight is 367 g/mol. The first-order chi connectivity index (χ1) is 13.1. The number of benzene rings is 1. The van der Waals surface area contributed by atoms with Crippen LogP contribution < -0.4 is 14.7 Å². The molecule has 2 aliphatic rings. The van der Waals surface area contributed by atoms with Crippen molar-refractivity contribution in [2.45, 2.75) is 33.6 Å². The normalized spacial score (nSPS) is 18.9. The Labute approximate surface area is 162 Å². The number of anilines is 3. The molecule has 2 aliphatic heterocycles. The molecule has 0 radical (unpaired) electrons. The Hall–Kier alpha value is -2.37. The van der Waals surface area contributed by atoms with E-state index in [1.165, 1.54) is 29.7 Å². The molecule has 1 aromatic heterocycles. The summed E-state index contributed by atoms with van der Waals surface area (Å²) >= 11 is 0. The maximum atomic E-state index is 4.83. The fourth-order valence-corrected chi connectivity index (χ4v) is 4.04. The molecule has 144 valence electrons. The van der Waals surface area contributed by atoms with Gasteiger partial charge in [-0.05, 0) is 49.8 Å². The predicted molar refractivity (Wildman–Crippen MR) is 111 cm³/mol. The van der Waals surface area contributed by atoms with Crippen LogP contribution in [0.2, 0.25) is 0 Å². The molecule has 2 saturated heterocycles. The van der Waals surface area contributed by atoms with E-state index < -0.39 is 0 Å². The molecule has 2 aromatic rings. The zero-order valence-corrected chi connectivity index (χ0v) is 16.7. The molecule has 0 atom stereocenters. The second-order valence-electron chi connectivity index (χ2n) is 7.98. The van der Waals surface area contributed by atoms with E-state index in [0.717, 1.165) is 57.0 Å². The summed E-state index contributed by atoms with van der Waals surface area (Å²) in [5, 5.41) is 8.57. The van der Waals surface area contributed by atoms with E-state index in [1.807, 2.05) is 6.20 Å². The van der Waals surface area contributed by atoms with Gasteiger partial charge in [0.2, 0.25) is 5.95 Å². The van der Waals surface area contributed by atoms with Crippen LogP contribution in [0.5, 0.6) is 0 Å². The maximum absolute atomic E-state index is 4.83. The lowest BCUT2D eigenvalue weighted by Gasteiger charge is -2.37. The highest BCUT2D eigenvalue weighted by atomic mass is 15.4. The van der Waals surface area contributed by atoms with Crippen molar-refractivity contribution < 1.29 is 0 Å². The van der Waals surface area contributed by atoms with Crippen molar-refractivity contribution in [2.24, 2.45) is 5.92 Å². The quantitative estimate of drug-likeness (QED) is 0.832. The topological polar surface area (TPSA) is 48.4 Å². The van der Waals surface area contributed by atoms with Gasteiger partial charge in [-0.15, -0.1) is 5.10 Å². The molecule has 27 heavy (non-hydrogen) atoms. The van der Waals surface area contributed by atoms with Crippen molar-refractivity contribution in [3.8, 4) is 0 Å². The fraction of sp³-hybridized carbons (Fsp3) is 0.571. The molecule has 0 bridgehead atoms. The molecule has 0 N–H and O–H groups in total. The predicted octanol–water partition coefficient (Wildman–Crippen LogP) is 3.05. The van der Waals surface area contributed by atoms with Crippen LogP contribution >= 0.6 is 0 Å². The van der Waals surface area contributed by atoms with Crippen LogP contribution in [0.25, 0.3) is 0 Å². The Bertz CT molecular complexity index is 776. The van der Waals surface area contributed by atoms with Crippen LogP contribution in [0.15, 0.2) is 24.4 Å². The summed E-state index contributed by atoms with van der Waals surface area (Å²) in [6, 6.07) is 6.56. The van der Waals surface area contributed by atoms with Crippen molar-refractivity contribution in [3.05, 3.63) is 35.5 Å². The van der Waals surface area contributed by atoms with E-state index in [0.29, 0.717) is 0 Å². The first-order valence-electron chi connectivity index (χ1n) is 10.1. The van der Waals surface area contributed by atoms with Crippen molar-refractivity contribution in [1.29, 1.82) is 0 Å². The van der Waals surface area contributed by atoms with E-state index in [1.54, 1.807) is 0 Å². The maximum Gasteiger partial charge on any atom is 0.247 e.